The van der Waals surface area contributed by atoms with Gasteiger partial charge in [-0.15, -0.1) is 0 Å². The lowest BCUT2D eigenvalue weighted by atomic mass is 10.5. The summed E-state index contributed by atoms with van der Waals surface area (Å²) < 4.78 is 22.6. The zero-order chi connectivity index (χ0) is 7.99. The van der Waals surface area contributed by atoms with Crippen LogP contribution in [0, 0.1) is 5.92 Å². The lowest BCUT2D eigenvalue weighted by Crippen LogP contribution is -2.23. The molecule has 0 bridgehead atoms. The van der Waals surface area contributed by atoms with Crippen molar-refractivity contribution in [3.63, 3.8) is 0 Å². The largest absolute Gasteiger partial charge is 0.349 e. The predicted molar refractivity (Wildman–Crippen MR) is 35.6 cm³/mol. The average Bonchev–Trinajstić information content (AvgIpc) is 2.31. The van der Waals surface area contributed by atoms with Gasteiger partial charge in [0.1, 0.15) is 0 Å². The molecule has 2 nitrogen and oxygen atoms in total. The second-order valence-corrected chi connectivity index (χ2v) is 2.97. The van der Waals surface area contributed by atoms with Gasteiger partial charge in [-0.3, -0.25) is 0 Å². The van der Waals surface area contributed by atoms with Crippen molar-refractivity contribution >= 4 is 11.6 Å². The summed E-state index contributed by atoms with van der Waals surface area (Å²) in [5, 5.41) is -1.85. The minimum Gasteiger partial charge on any atom is -0.349 e. The summed E-state index contributed by atoms with van der Waals surface area (Å²) >= 11 is 5.40. The van der Waals surface area contributed by atoms with E-state index in [9.17, 15) is 4.39 Å². The Kier molecular flexibility index (Phi) is 1.70. The van der Waals surface area contributed by atoms with Crippen LogP contribution in [0.15, 0.2) is 0 Å². The Morgan fingerprint density at radius 3 is 1.70 bits per heavy atom. The summed E-state index contributed by atoms with van der Waals surface area (Å²) in [6, 6.07) is 0. The fraction of sp³-hybridized carbons (Fsp3) is 1.00. The smallest absolute Gasteiger partial charge is 0.245 e. The summed E-state index contributed by atoms with van der Waals surface area (Å²) in [4.78, 5) is 0. The molecule has 0 aromatic carbocycles. The van der Waals surface area contributed by atoms with Crippen molar-refractivity contribution in [3.05, 3.63) is 0 Å². The Hall–Kier alpha value is 0.140. The molecule has 0 aromatic heterocycles. The van der Waals surface area contributed by atoms with Crippen molar-refractivity contribution < 1.29 is 13.9 Å². The van der Waals surface area contributed by atoms with Gasteiger partial charge >= 0.3 is 0 Å². The van der Waals surface area contributed by atoms with Crippen LogP contribution in [0.2, 0.25) is 0 Å². The van der Waals surface area contributed by atoms with E-state index in [0.29, 0.717) is 0 Å². The van der Waals surface area contributed by atoms with Crippen LogP contribution in [-0.4, -0.2) is 25.1 Å². The summed E-state index contributed by atoms with van der Waals surface area (Å²) in [5.74, 6) is -1.62. The maximum atomic E-state index is 13.0. The van der Waals surface area contributed by atoms with Crippen molar-refractivity contribution in [3.8, 4) is 0 Å². The first-order valence-corrected chi connectivity index (χ1v) is 3.39. The molecule has 1 saturated carbocycles. The molecule has 2 unspecified atom stereocenters. The predicted octanol–water partition coefficient (Wildman–Crippen LogP) is 1.53. The number of halogens is 2. The Labute approximate surface area is 64.3 Å². The SMILES string of the molecule is COC1(OC)C(C)C1(F)Cl. The molecule has 0 radical (unpaired) electrons. The van der Waals surface area contributed by atoms with E-state index in [1.54, 1.807) is 6.92 Å². The molecule has 4 heteroatoms. The van der Waals surface area contributed by atoms with E-state index >= 15 is 0 Å². The van der Waals surface area contributed by atoms with E-state index in [4.69, 9.17) is 21.1 Å². The minimum atomic E-state index is -1.85. The third kappa shape index (κ3) is 0.657. The highest BCUT2D eigenvalue weighted by atomic mass is 35.5. The number of hydrogen-bond donors (Lipinski definition) is 0. The number of alkyl halides is 2. The molecule has 1 fully saturated rings. The van der Waals surface area contributed by atoms with Crippen molar-refractivity contribution in [1.82, 2.24) is 0 Å². The molecule has 0 aromatic rings. The third-order valence-corrected chi connectivity index (χ3v) is 2.69. The fourth-order valence-corrected chi connectivity index (χ4v) is 1.63. The summed E-state index contributed by atoms with van der Waals surface area (Å²) in [5.41, 5.74) is 0. The lowest BCUT2D eigenvalue weighted by Gasteiger charge is -2.12. The van der Waals surface area contributed by atoms with Crippen LogP contribution >= 0.6 is 11.6 Å². The van der Waals surface area contributed by atoms with Gasteiger partial charge < -0.3 is 9.47 Å². The van der Waals surface area contributed by atoms with E-state index in [-0.39, 0.29) is 0 Å². The van der Waals surface area contributed by atoms with Crippen molar-refractivity contribution in [2.24, 2.45) is 5.92 Å². The van der Waals surface area contributed by atoms with Gasteiger partial charge in [0.15, 0.2) is 0 Å². The Bertz CT molecular complexity index is 145. The molecule has 10 heavy (non-hydrogen) atoms. The van der Waals surface area contributed by atoms with Crippen LogP contribution in [0.25, 0.3) is 0 Å². The highest BCUT2D eigenvalue weighted by molar-refractivity contribution is 6.26. The van der Waals surface area contributed by atoms with Crippen LogP contribution in [0.3, 0.4) is 0 Å². The van der Waals surface area contributed by atoms with E-state index in [0.717, 1.165) is 0 Å². The molecule has 0 saturated heterocycles. The Morgan fingerprint density at radius 1 is 1.40 bits per heavy atom. The van der Waals surface area contributed by atoms with Gasteiger partial charge in [-0.25, -0.2) is 4.39 Å². The van der Waals surface area contributed by atoms with E-state index < -0.39 is 16.8 Å². The second kappa shape index (κ2) is 2.06. The summed E-state index contributed by atoms with van der Waals surface area (Å²) in [6.07, 6.45) is 0. The molecule has 1 aliphatic carbocycles. The maximum absolute atomic E-state index is 13.0. The van der Waals surface area contributed by atoms with Gasteiger partial charge in [0, 0.05) is 14.2 Å². The van der Waals surface area contributed by atoms with Crippen LogP contribution in [0.1, 0.15) is 6.92 Å². The first-order valence-electron chi connectivity index (χ1n) is 3.01. The number of rotatable bonds is 2. The second-order valence-electron chi connectivity index (χ2n) is 2.42. The minimum absolute atomic E-state index is 0.406. The lowest BCUT2D eigenvalue weighted by molar-refractivity contribution is -0.154. The van der Waals surface area contributed by atoms with Crippen molar-refractivity contribution in [2.75, 3.05) is 14.2 Å². The van der Waals surface area contributed by atoms with Gasteiger partial charge in [-0.1, -0.05) is 18.5 Å². The molecule has 1 aliphatic rings. The standard InChI is InChI=1S/C6H10ClFO2/c1-4-5(7,8)6(4,9-2)10-3/h4H,1-3H3. The quantitative estimate of drug-likeness (QED) is 0.460. The Balaban J connectivity index is 2.73. The van der Waals surface area contributed by atoms with Gasteiger partial charge in [0.05, 0.1) is 5.92 Å². The van der Waals surface area contributed by atoms with E-state index in [1.165, 1.54) is 14.2 Å². The number of methoxy groups -OCH3 is 2. The number of hydrogen-bond acceptors (Lipinski definition) is 2. The van der Waals surface area contributed by atoms with Crippen LogP contribution in [-0.2, 0) is 9.47 Å². The van der Waals surface area contributed by atoms with Crippen LogP contribution in [0.4, 0.5) is 4.39 Å². The van der Waals surface area contributed by atoms with Gasteiger partial charge in [0.2, 0.25) is 10.9 Å². The van der Waals surface area contributed by atoms with Gasteiger partial charge in [-0.05, 0) is 0 Å². The molecule has 1 rings (SSSR count). The number of ether oxygens (including phenoxy) is 2. The molecule has 60 valence electrons. The molecule has 2 atom stereocenters. The molecular weight excluding hydrogens is 159 g/mol. The van der Waals surface area contributed by atoms with Gasteiger partial charge in [0.25, 0.3) is 0 Å². The molecule has 0 heterocycles. The van der Waals surface area contributed by atoms with Crippen molar-refractivity contribution in [2.45, 2.75) is 17.8 Å². The average molecular weight is 169 g/mol. The van der Waals surface area contributed by atoms with Crippen molar-refractivity contribution in [1.29, 1.82) is 0 Å². The highest BCUT2D eigenvalue weighted by Crippen LogP contribution is 2.62. The van der Waals surface area contributed by atoms with Gasteiger partial charge in [-0.2, -0.15) is 0 Å². The van der Waals surface area contributed by atoms with Crippen LogP contribution in [0.5, 0.6) is 0 Å². The summed E-state index contributed by atoms with van der Waals surface area (Å²) in [6.45, 7) is 1.64. The first-order chi connectivity index (χ1) is 4.53. The molecule has 0 aliphatic heterocycles. The normalized spacial score (nSPS) is 43.5. The molecule has 0 spiro atoms. The fourth-order valence-electron chi connectivity index (χ4n) is 1.22. The summed E-state index contributed by atoms with van der Waals surface area (Å²) in [7, 11) is 2.76. The van der Waals surface area contributed by atoms with E-state index in [1.807, 2.05) is 0 Å². The topological polar surface area (TPSA) is 18.5 Å². The zero-order valence-corrected chi connectivity index (χ0v) is 6.91. The zero-order valence-electron chi connectivity index (χ0n) is 6.15. The maximum Gasteiger partial charge on any atom is 0.245 e. The molecule has 0 amide bonds. The van der Waals surface area contributed by atoms with Crippen LogP contribution < -0.4 is 0 Å². The molecular formula is C6H10ClFO2. The van der Waals surface area contributed by atoms with E-state index in [2.05, 4.69) is 0 Å². The first kappa shape index (κ1) is 8.24. The highest BCUT2D eigenvalue weighted by Gasteiger charge is 2.79. The molecule has 0 N–H and O–H groups in total. The third-order valence-electron chi connectivity index (χ3n) is 2.10. The monoisotopic (exact) mass is 168 g/mol. The Morgan fingerprint density at radius 2 is 1.70 bits per heavy atom.